The number of pyridine rings is 2. The van der Waals surface area contributed by atoms with Gasteiger partial charge in [0.15, 0.2) is 11.6 Å². The predicted molar refractivity (Wildman–Crippen MR) is 82.3 cm³/mol. The van der Waals surface area contributed by atoms with Gasteiger partial charge < -0.3 is 22.1 Å². The lowest BCUT2D eigenvalue weighted by Crippen LogP contribution is -2.26. The van der Waals surface area contributed by atoms with E-state index >= 15 is 0 Å². The average molecular weight is 322 g/mol. The van der Waals surface area contributed by atoms with Crippen LogP contribution in [0.25, 0.3) is 0 Å². The molecule has 0 bridgehead atoms. The number of carbonyl (C=O) groups excluding carboxylic acids is 1. The number of anilines is 3. The van der Waals surface area contributed by atoms with E-state index < -0.39 is 17.5 Å². The van der Waals surface area contributed by atoms with Crippen LogP contribution in [0, 0.1) is 11.6 Å². The van der Waals surface area contributed by atoms with Gasteiger partial charge in [-0.2, -0.15) is 0 Å². The van der Waals surface area contributed by atoms with Crippen molar-refractivity contribution < 1.29 is 13.6 Å². The molecule has 122 valence electrons. The van der Waals surface area contributed by atoms with Crippen LogP contribution in [0.2, 0.25) is 0 Å². The molecule has 0 radical (unpaired) electrons. The molecule has 0 saturated heterocycles. The van der Waals surface area contributed by atoms with Crippen molar-refractivity contribution in [1.82, 2.24) is 9.97 Å². The zero-order chi connectivity index (χ0) is 17.0. The molecule has 0 saturated carbocycles. The predicted octanol–water partition coefficient (Wildman–Crippen LogP) is 1.36. The van der Waals surface area contributed by atoms with E-state index in [1.807, 2.05) is 0 Å². The van der Waals surface area contributed by atoms with Crippen molar-refractivity contribution in [3.63, 3.8) is 0 Å². The third-order valence-electron chi connectivity index (χ3n) is 2.80. The molecule has 0 spiro atoms. The summed E-state index contributed by atoms with van der Waals surface area (Å²) < 4.78 is 27.2. The first-order valence-electron chi connectivity index (χ1n) is 6.74. The van der Waals surface area contributed by atoms with Crippen LogP contribution >= 0.6 is 0 Å². The molecule has 0 aliphatic heterocycles. The molecular weight excluding hydrogens is 306 g/mol. The number of nitrogens with zero attached hydrogens (tertiary/aromatic N) is 2. The monoisotopic (exact) mass is 322 g/mol. The standard InChI is InChI=1S/C14H16F2N6O/c1-7(17)4-20-14-11(16)3-10(12(18)23)13(22-14)21-9-2-8(15)5-19-6-9/h2-3,5-7H,4,17H2,1H3,(H2,18,23)(H2,20,21,22). The lowest BCUT2D eigenvalue weighted by atomic mass is 10.2. The van der Waals surface area contributed by atoms with Crippen molar-refractivity contribution in [3.05, 3.63) is 41.7 Å². The van der Waals surface area contributed by atoms with E-state index in [1.54, 1.807) is 6.92 Å². The number of amides is 1. The van der Waals surface area contributed by atoms with Crippen LogP contribution in [0.5, 0.6) is 0 Å². The molecule has 1 unspecified atom stereocenters. The SMILES string of the molecule is CC(N)CNc1nc(Nc2cncc(F)c2)c(C(N)=O)cc1F. The molecule has 2 rings (SSSR count). The molecule has 23 heavy (non-hydrogen) atoms. The lowest BCUT2D eigenvalue weighted by Gasteiger charge is -2.14. The van der Waals surface area contributed by atoms with Crippen LogP contribution in [0.1, 0.15) is 17.3 Å². The molecule has 7 nitrogen and oxygen atoms in total. The van der Waals surface area contributed by atoms with Gasteiger partial charge in [-0.3, -0.25) is 9.78 Å². The van der Waals surface area contributed by atoms with Gasteiger partial charge >= 0.3 is 0 Å². The van der Waals surface area contributed by atoms with Gasteiger partial charge in [0.25, 0.3) is 5.91 Å². The van der Waals surface area contributed by atoms with Crippen LogP contribution in [0.4, 0.5) is 26.1 Å². The summed E-state index contributed by atoms with van der Waals surface area (Å²) in [7, 11) is 0. The number of hydrogen-bond acceptors (Lipinski definition) is 6. The summed E-state index contributed by atoms with van der Waals surface area (Å²) in [5.74, 6) is -2.31. The smallest absolute Gasteiger partial charge is 0.252 e. The summed E-state index contributed by atoms with van der Waals surface area (Å²) in [6, 6.07) is 1.88. The average Bonchev–Trinajstić information content (AvgIpc) is 2.47. The van der Waals surface area contributed by atoms with Crippen LogP contribution < -0.4 is 22.1 Å². The fourth-order valence-corrected chi connectivity index (χ4v) is 1.77. The maximum Gasteiger partial charge on any atom is 0.252 e. The van der Waals surface area contributed by atoms with Crippen molar-refractivity contribution in [2.45, 2.75) is 13.0 Å². The molecule has 9 heteroatoms. The van der Waals surface area contributed by atoms with Gasteiger partial charge in [-0.25, -0.2) is 13.8 Å². The van der Waals surface area contributed by atoms with Gasteiger partial charge in [0.1, 0.15) is 11.6 Å². The van der Waals surface area contributed by atoms with E-state index in [-0.39, 0.29) is 35.5 Å². The highest BCUT2D eigenvalue weighted by Gasteiger charge is 2.16. The van der Waals surface area contributed by atoms with Crippen molar-refractivity contribution in [2.24, 2.45) is 11.5 Å². The fourth-order valence-electron chi connectivity index (χ4n) is 1.77. The molecule has 1 atom stereocenters. The molecule has 1 amide bonds. The van der Waals surface area contributed by atoms with Gasteiger partial charge in [0.05, 0.1) is 23.6 Å². The second kappa shape index (κ2) is 6.97. The Bertz CT molecular complexity index is 722. The zero-order valence-electron chi connectivity index (χ0n) is 12.3. The van der Waals surface area contributed by atoms with E-state index in [0.29, 0.717) is 0 Å². The van der Waals surface area contributed by atoms with Gasteiger partial charge in [0.2, 0.25) is 0 Å². The molecule has 0 aromatic carbocycles. The number of rotatable bonds is 6. The number of nitrogens with one attached hydrogen (secondary N) is 2. The second-order valence-corrected chi connectivity index (χ2v) is 4.95. The first kappa shape index (κ1) is 16.6. The first-order valence-corrected chi connectivity index (χ1v) is 6.74. The number of hydrogen-bond donors (Lipinski definition) is 4. The van der Waals surface area contributed by atoms with Crippen molar-refractivity contribution in [2.75, 3.05) is 17.2 Å². The maximum atomic E-state index is 14.0. The minimum atomic E-state index is -0.873. The Morgan fingerprint density at radius 2 is 2.04 bits per heavy atom. The normalized spacial score (nSPS) is 11.8. The van der Waals surface area contributed by atoms with Crippen molar-refractivity contribution >= 4 is 23.2 Å². The summed E-state index contributed by atoms with van der Waals surface area (Å²) in [6.07, 6.45) is 2.35. The van der Waals surface area contributed by atoms with Crippen molar-refractivity contribution in [3.8, 4) is 0 Å². The van der Waals surface area contributed by atoms with Crippen LogP contribution in [-0.4, -0.2) is 28.5 Å². The molecule has 0 aliphatic carbocycles. The Hall–Kier alpha value is -2.81. The highest BCUT2D eigenvalue weighted by atomic mass is 19.1. The summed E-state index contributed by atoms with van der Waals surface area (Å²) >= 11 is 0. The molecule has 2 heterocycles. The topological polar surface area (TPSA) is 119 Å². The minimum absolute atomic E-state index is 0.0153. The Morgan fingerprint density at radius 1 is 1.30 bits per heavy atom. The molecule has 2 aromatic heterocycles. The van der Waals surface area contributed by atoms with E-state index in [4.69, 9.17) is 11.5 Å². The molecule has 6 N–H and O–H groups in total. The number of halogens is 2. The Kier molecular flexibility index (Phi) is 5.02. The maximum absolute atomic E-state index is 14.0. The highest BCUT2D eigenvalue weighted by Crippen LogP contribution is 2.23. The molecule has 0 aliphatic rings. The third-order valence-corrected chi connectivity index (χ3v) is 2.80. The molecule has 2 aromatic rings. The first-order chi connectivity index (χ1) is 10.9. The van der Waals surface area contributed by atoms with Gasteiger partial charge in [0, 0.05) is 18.7 Å². The van der Waals surface area contributed by atoms with E-state index in [0.717, 1.165) is 18.3 Å². The van der Waals surface area contributed by atoms with Crippen LogP contribution in [-0.2, 0) is 0 Å². The Balaban J connectivity index is 2.38. The van der Waals surface area contributed by atoms with E-state index in [2.05, 4.69) is 20.6 Å². The highest BCUT2D eigenvalue weighted by molar-refractivity contribution is 5.98. The fraction of sp³-hybridized carbons (Fsp3) is 0.214. The van der Waals surface area contributed by atoms with Crippen LogP contribution in [0.15, 0.2) is 24.5 Å². The summed E-state index contributed by atoms with van der Waals surface area (Å²) in [6.45, 7) is 2.01. The Morgan fingerprint density at radius 3 is 2.65 bits per heavy atom. The largest absolute Gasteiger partial charge is 0.366 e. The van der Waals surface area contributed by atoms with Gasteiger partial charge in [-0.05, 0) is 13.0 Å². The summed E-state index contributed by atoms with van der Waals surface area (Å²) in [5.41, 5.74) is 10.9. The Labute approximate surface area is 131 Å². The lowest BCUT2D eigenvalue weighted by molar-refractivity contribution is 0.100. The van der Waals surface area contributed by atoms with Crippen LogP contribution in [0.3, 0.4) is 0 Å². The summed E-state index contributed by atoms with van der Waals surface area (Å²) in [5, 5.41) is 5.42. The number of primary amides is 1. The number of carbonyl (C=O) groups is 1. The number of aromatic nitrogens is 2. The zero-order valence-corrected chi connectivity index (χ0v) is 12.3. The summed E-state index contributed by atoms with van der Waals surface area (Å²) in [4.78, 5) is 19.1. The second-order valence-electron chi connectivity index (χ2n) is 4.95. The molecular formula is C14H16F2N6O. The third kappa shape index (κ3) is 4.33. The van der Waals surface area contributed by atoms with Crippen molar-refractivity contribution in [1.29, 1.82) is 0 Å². The molecule has 0 fully saturated rings. The van der Waals surface area contributed by atoms with E-state index in [9.17, 15) is 13.6 Å². The minimum Gasteiger partial charge on any atom is -0.366 e. The number of nitrogens with two attached hydrogens (primary N) is 2. The van der Waals surface area contributed by atoms with Gasteiger partial charge in [-0.15, -0.1) is 0 Å². The quantitative estimate of drug-likeness (QED) is 0.637. The van der Waals surface area contributed by atoms with Gasteiger partial charge in [-0.1, -0.05) is 0 Å². The van der Waals surface area contributed by atoms with E-state index in [1.165, 1.54) is 6.20 Å².